The molecule has 2 N–H and O–H groups in total. The van der Waals surface area contributed by atoms with E-state index in [-0.39, 0.29) is 115 Å². The van der Waals surface area contributed by atoms with Crippen molar-refractivity contribution in [1.29, 1.82) is 5.26 Å². The zero-order chi connectivity index (χ0) is 82.1. The van der Waals surface area contributed by atoms with Gasteiger partial charge in [-0.15, -0.1) is 30.5 Å². The van der Waals surface area contributed by atoms with Crippen molar-refractivity contribution in [2.45, 2.75) is 236 Å². The van der Waals surface area contributed by atoms with Gasteiger partial charge in [0.05, 0.1) is 23.6 Å². The van der Waals surface area contributed by atoms with E-state index in [1.54, 1.807) is 65.8 Å². The van der Waals surface area contributed by atoms with E-state index in [4.69, 9.17) is 28.0 Å². The van der Waals surface area contributed by atoms with Crippen LogP contribution < -0.4 is 10.6 Å². The minimum absolute atomic E-state index is 0.00894. The van der Waals surface area contributed by atoms with Crippen LogP contribution in [0.15, 0.2) is 86.4 Å². The lowest BCUT2D eigenvalue weighted by Crippen LogP contribution is -2.40. The van der Waals surface area contributed by atoms with Crippen LogP contribution in [-0.2, 0) is 52.9 Å². The van der Waals surface area contributed by atoms with Gasteiger partial charge in [0.1, 0.15) is 23.8 Å². The summed E-state index contributed by atoms with van der Waals surface area (Å²) in [6.45, 7) is 72.4. The van der Waals surface area contributed by atoms with Gasteiger partial charge < -0.3 is 30.1 Å². The van der Waals surface area contributed by atoms with Gasteiger partial charge in [-0.25, -0.2) is 17.6 Å². The van der Waals surface area contributed by atoms with E-state index in [1.807, 2.05) is 200 Å². The number of ether oxygens (including phenoxy) is 1. The number of sulfone groups is 1. The Balaban J connectivity index is -0.0000000971. The molecule has 0 spiro atoms. The van der Waals surface area contributed by atoms with Crippen LogP contribution in [0.25, 0.3) is 0 Å². The molecular weight excluding hydrogens is 1300 g/mol. The second-order valence-electron chi connectivity index (χ2n) is 31.5. The molecule has 0 aliphatic rings. The van der Waals surface area contributed by atoms with Gasteiger partial charge in [0.2, 0.25) is 11.8 Å². The second-order valence-corrected chi connectivity index (χ2v) is 34.2. The maximum absolute atomic E-state index is 11.6. The number of esters is 1. The number of hydrogen-bond acceptors (Lipinski definition) is 15. The summed E-state index contributed by atoms with van der Waals surface area (Å²) in [5.41, 5.74) is -0.710. The maximum atomic E-state index is 11.6. The molecule has 0 fully saturated rings. The third-order valence-corrected chi connectivity index (χ3v) is 13.5. The SMILES string of the molecule is C#CC(C)(C)C.C=CC(=O)C(C)C.C=CC(=O)NC(C)(C)C.C=CC(C)(C)C.C=CS(=O)(=O)C(C)C.CC(C)C(=O)CC#N.CC(C)C(=O)CCl.CC(C)C(=O)CF.CN(C)C/C=C/C(=O)C(C)(C)C.CN(C)C/C=C/C(=O)NC(C)(C)C.CN(C)C/C=C/C(=O)OC(C)(C)C(C)(C)C. The van der Waals surface area contributed by atoms with Gasteiger partial charge in [-0.05, 0) is 156 Å². The molecule has 99 heavy (non-hydrogen) atoms. The summed E-state index contributed by atoms with van der Waals surface area (Å²) < 4.78 is 37.9. The molecule has 0 saturated carbocycles. The van der Waals surface area contributed by atoms with Gasteiger partial charge in [-0.2, -0.15) is 5.26 Å². The topological polar surface area (TPSA) is 237 Å². The first-order valence-corrected chi connectivity index (χ1v) is 35.4. The number of nitrogens with zero attached hydrogens (tertiary/aromatic N) is 4. The fraction of sp³-hybridized carbons (Fsp3) is 0.684. The molecule has 2 amide bonds. The highest BCUT2D eigenvalue weighted by molar-refractivity contribution is 7.94. The number of halogens is 2. The van der Waals surface area contributed by atoms with E-state index in [2.05, 4.69) is 84.4 Å². The predicted molar refractivity (Wildman–Crippen MR) is 422 cm³/mol. The fourth-order valence-electron chi connectivity index (χ4n) is 3.64. The molecule has 0 aromatic rings. The van der Waals surface area contributed by atoms with Crippen molar-refractivity contribution < 1.29 is 55.9 Å². The van der Waals surface area contributed by atoms with Crippen molar-refractivity contribution in [3.8, 4) is 18.4 Å². The van der Waals surface area contributed by atoms with Gasteiger partial charge in [0.15, 0.2) is 27.2 Å². The highest BCUT2D eigenvalue weighted by Crippen LogP contribution is 2.33. The number of likely N-dealkylation sites (N-methyl/N-ethyl adjacent to an activating group) is 3. The number of nitriles is 1. The normalized spacial score (nSPS) is 11.3. The number of alkyl halides is 2. The van der Waals surface area contributed by atoms with Crippen molar-refractivity contribution in [2.75, 3.05) is 74.5 Å². The van der Waals surface area contributed by atoms with Gasteiger partial charge in [-0.1, -0.05) is 162 Å². The molecule has 0 unspecified atom stereocenters. The molecule has 0 atom stereocenters. The van der Waals surface area contributed by atoms with Gasteiger partial charge >= 0.3 is 5.97 Å². The summed E-state index contributed by atoms with van der Waals surface area (Å²) in [4.78, 5) is 92.2. The lowest BCUT2D eigenvalue weighted by atomic mass is 9.79. The van der Waals surface area contributed by atoms with Crippen LogP contribution in [0.5, 0.6) is 0 Å². The van der Waals surface area contributed by atoms with Crippen molar-refractivity contribution in [2.24, 2.45) is 45.3 Å². The highest BCUT2D eigenvalue weighted by atomic mass is 35.5. The van der Waals surface area contributed by atoms with E-state index >= 15 is 0 Å². The van der Waals surface area contributed by atoms with E-state index in [0.717, 1.165) is 25.0 Å². The summed E-state index contributed by atoms with van der Waals surface area (Å²) >= 11 is 5.20. The molecule has 0 saturated heterocycles. The Bertz CT molecular complexity index is 2550. The summed E-state index contributed by atoms with van der Waals surface area (Å²) in [5, 5.41) is 14.2. The van der Waals surface area contributed by atoms with Crippen LogP contribution in [-0.4, -0.2) is 166 Å². The number of nitrogens with one attached hydrogen (secondary N) is 2. The lowest BCUT2D eigenvalue weighted by Gasteiger charge is -2.37. The first kappa shape index (κ1) is 117. The van der Waals surface area contributed by atoms with Crippen LogP contribution in [0.2, 0.25) is 0 Å². The van der Waals surface area contributed by atoms with Crippen LogP contribution in [0, 0.1) is 69.0 Å². The number of allylic oxidation sites excluding steroid dienone is 3. The predicted octanol–water partition coefficient (Wildman–Crippen LogP) is 16.3. The Kier molecular flexibility index (Phi) is 73.2. The second kappa shape index (κ2) is 61.9. The Morgan fingerprint density at radius 1 is 0.556 bits per heavy atom. The van der Waals surface area contributed by atoms with E-state index in [0.29, 0.717) is 5.41 Å². The highest BCUT2D eigenvalue weighted by Gasteiger charge is 2.36. The van der Waals surface area contributed by atoms with E-state index in [1.165, 1.54) is 18.2 Å². The lowest BCUT2D eigenvalue weighted by molar-refractivity contribution is -0.160. The summed E-state index contributed by atoms with van der Waals surface area (Å²) in [7, 11) is 8.82. The average molecular weight is 1440 g/mol. The van der Waals surface area contributed by atoms with Crippen LogP contribution >= 0.6 is 11.6 Å². The maximum Gasteiger partial charge on any atom is 0.331 e. The molecular formula is C79H146ClFN6O11S. The Morgan fingerprint density at radius 2 is 0.889 bits per heavy atom. The molecule has 578 valence electrons. The van der Waals surface area contributed by atoms with Crippen molar-refractivity contribution >= 4 is 68.1 Å². The molecule has 0 heterocycles. The zero-order valence-corrected chi connectivity index (χ0v) is 70.8. The molecule has 0 radical (unpaired) electrons. The largest absolute Gasteiger partial charge is 0.456 e. The molecule has 0 rings (SSSR count). The Labute approximate surface area is 612 Å². The smallest absolute Gasteiger partial charge is 0.331 e. The third-order valence-electron chi connectivity index (χ3n) is 11.4. The van der Waals surface area contributed by atoms with Crippen molar-refractivity contribution in [3.63, 3.8) is 0 Å². The minimum Gasteiger partial charge on any atom is -0.456 e. The first-order chi connectivity index (χ1) is 44.0. The van der Waals surface area contributed by atoms with Gasteiger partial charge in [0.25, 0.3) is 0 Å². The number of hydrogen-bond donors (Lipinski definition) is 2. The quantitative estimate of drug-likeness (QED) is 0.0357. The molecule has 0 aromatic heterocycles. The average Bonchev–Trinajstić information content (AvgIpc) is 0.838. The Hall–Kier alpha value is -5.96. The number of Topliss-reactive ketones (excluding diaryl/α,β-unsaturated/α-hetero) is 3. The third kappa shape index (κ3) is 106. The Morgan fingerprint density at radius 3 is 1.04 bits per heavy atom. The number of terminal acetylenes is 1. The molecule has 17 nitrogen and oxygen atoms in total. The standard InChI is InChI=1S/C13H25NO2.C10H20N2O.C10H19NO.C7H13NO.C6H9NO.C6H10O.C6H12.C6H10.C5H9ClO.C5H9FO.C5H10O2S/c1-12(2,3)13(4,5)16-11(15)9-8-10-14(6)7;1-10(2,3)11-9(13)7-6-8-12(4)5;1-10(2,3)9(12)7-6-8-11(4)5;1-5-6(9)8-7(2,3)4;1-5(2)6(8)3-4-7;1-4-6(7)5(2)3;2*1-5-6(2,3)4;2*1-4(2)5(7)3-6;1-4-8(6,7)5(2)3/h8-9H,10H2,1-7H3;6-7H,8H2,1-5H3,(H,11,13);6-7H,8H2,1-5H3;5H,1H2,2-4H3,(H,8,9);5H,3H2,1-2H3;4-5H,1H2,2-3H3;5H,1H2,2-4H3;1H,2-4H3;2*4H,3H2,1-2H3;4-5H,1H2,2-3H3/b9-8+;2*7-6+;;;;;;;;. The van der Waals surface area contributed by atoms with Crippen LogP contribution in [0.4, 0.5) is 4.39 Å². The number of ketones is 5. The fourth-order valence-corrected chi connectivity index (χ4v) is 4.33. The van der Waals surface area contributed by atoms with Crippen LogP contribution in [0.3, 0.4) is 0 Å². The zero-order valence-electron chi connectivity index (χ0n) is 69.3. The van der Waals surface area contributed by atoms with E-state index < -0.39 is 22.1 Å². The summed E-state index contributed by atoms with van der Waals surface area (Å²) in [6.07, 6.45) is 20.0. The van der Waals surface area contributed by atoms with E-state index in [9.17, 15) is 51.2 Å². The van der Waals surface area contributed by atoms with Crippen molar-refractivity contribution in [1.82, 2.24) is 25.3 Å². The number of rotatable bonds is 21. The molecule has 0 aliphatic heterocycles. The summed E-state index contributed by atoms with van der Waals surface area (Å²) in [5.74, 6) is 2.50. The first-order valence-electron chi connectivity index (χ1n) is 33.2. The van der Waals surface area contributed by atoms with Crippen molar-refractivity contribution in [3.05, 3.63) is 86.4 Å². The van der Waals surface area contributed by atoms with Gasteiger partial charge in [-0.3, -0.25) is 33.6 Å². The van der Waals surface area contributed by atoms with Crippen LogP contribution in [0.1, 0.15) is 214 Å². The van der Waals surface area contributed by atoms with Gasteiger partial charge in [0, 0.05) is 88.2 Å². The number of carbonyl (C=O) groups excluding carboxylic acids is 8. The minimum atomic E-state index is -2.97. The summed E-state index contributed by atoms with van der Waals surface area (Å²) in [6, 6.07) is 1.80. The molecule has 0 bridgehead atoms. The monoisotopic (exact) mass is 1440 g/mol. The number of amides is 2. The molecule has 20 heteroatoms. The molecule has 0 aromatic carbocycles. The molecule has 0 aliphatic carbocycles. The number of carbonyl (C=O) groups is 8.